The summed E-state index contributed by atoms with van der Waals surface area (Å²) in [6, 6.07) is 12.4. The Morgan fingerprint density at radius 3 is 2.82 bits per heavy atom. The number of aromatic nitrogens is 3. The molecule has 39 heavy (non-hydrogen) atoms. The summed E-state index contributed by atoms with van der Waals surface area (Å²) in [5.74, 6) is 1.44. The van der Waals surface area contributed by atoms with Crippen molar-refractivity contribution in [3.63, 3.8) is 0 Å². The van der Waals surface area contributed by atoms with Gasteiger partial charge in [-0.05, 0) is 59.9 Å². The van der Waals surface area contributed by atoms with Crippen LogP contribution in [-0.2, 0) is 16.1 Å². The number of nitrogens with two attached hydrogens (primary N) is 1. The van der Waals surface area contributed by atoms with E-state index >= 15 is 0 Å². The molecule has 0 bridgehead atoms. The first-order valence-corrected chi connectivity index (χ1v) is 12.3. The number of ether oxygens (including phenoxy) is 2. The zero-order valence-corrected chi connectivity index (χ0v) is 20.6. The molecule has 6 rings (SSSR count). The van der Waals surface area contributed by atoms with Gasteiger partial charge in [-0.25, -0.2) is 9.37 Å². The number of imide groups is 1. The number of carbonyl (C=O) groups is 2. The number of amides is 2. The van der Waals surface area contributed by atoms with Crippen molar-refractivity contribution in [2.45, 2.75) is 25.4 Å². The van der Waals surface area contributed by atoms with Crippen LogP contribution in [0.5, 0.6) is 11.5 Å². The molecule has 11 nitrogen and oxygen atoms in total. The first-order chi connectivity index (χ1) is 19.0. The van der Waals surface area contributed by atoms with Crippen LogP contribution in [0, 0.1) is 5.82 Å². The summed E-state index contributed by atoms with van der Waals surface area (Å²) < 4.78 is 26.8. The highest BCUT2D eigenvalue weighted by molar-refractivity contribution is 6.02. The Hall–Kier alpha value is -5.13. The molecule has 1 fully saturated rings. The van der Waals surface area contributed by atoms with Gasteiger partial charge >= 0.3 is 0 Å². The van der Waals surface area contributed by atoms with Crippen LogP contribution in [0.4, 0.5) is 16.0 Å². The fraction of sp³-hybridized carbons (Fsp3) is 0.185. The lowest BCUT2D eigenvalue weighted by Gasteiger charge is -2.14. The first-order valence-electron chi connectivity index (χ1n) is 12.3. The summed E-state index contributed by atoms with van der Waals surface area (Å²) in [5, 5.41) is 13.1. The number of carbonyl (C=O) groups excluding carboxylic acids is 2. The first kappa shape index (κ1) is 24.2. The van der Waals surface area contributed by atoms with E-state index in [0.29, 0.717) is 40.4 Å². The van der Waals surface area contributed by atoms with Crippen molar-refractivity contribution in [1.82, 2.24) is 19.9 Å². The number of benzene rings is 2. The van der Waals surface area contributed by atoms with Gasteiger partial charge in [0, 0.05) is 24.2 Å². The minimum Gasteiger partial charge on any atom is -0.454 e. The number of fused-ring (bicyclic) bond motifs is 2. The molecule has 5 N–H and O–H groups in total. The van der Waals surface area contributed by atoms with E-state index in [-0.39, 0.29) is 31.3 Å². The van der Waals surface area contributed by atoms with Gasteiger partial charge in [-0.3, -0.25) is 14.9 Å². The Kier molecular flexibility index (Phi) is 6.19. The number of hydrogen-bond donors (Lipinski definition) is 4. The van der Waals surface area contributed by atoms with Gasteiger partial charge < -0.3 is 25.8 Å². The van der Waals surface area contributed by atoms with Crippen LogP contribution in [0.3, 0.4) is 0 Å². The highest BCUT2D eigenvalue weighted by atomic mass is 19.1. The van der Waals surface area contributed by atoms with Crippen LogP contribution in [0.15, 0.2) is 54.4 Å². The lowest BCUT2D eigenvalue weighted by molar-refractivity contribution is -0.122. The molecule has 0 radical (unpaired) electrons. The van der Waals surface area contributed by atoms with Gasteiger partial charge in [-0.15, -0.1) is 0 Å². The van der Waals surface area contributed by atoms with Gasteiger partial charge in [0.25, 0.3) is 5.91 Å². The van der Waals surface area contributed by atoms with E-state index < -0.39 is 5.91 Å². The van der Waals surface area contributed by atoms with Crippen LogP contribution in [0.2, 0.25) is 0 Å². The van der Waals surface area contributed by atoms with Crippen molar-refractivity contribution in [3.8, 4) is 22.6 Å². The summed E-state index contributed by atoms with van der Waals surface area (Å²) in [4.78, 5) is 27.2. The van der Waals surface area contributed by atoms with Crippen LogP contribution in [-0.4, -0.2) is 39.8 Å². The topological polar surface area (TPSA) is 145 Å². The number of hydrogen-bond acceptors (Lipinski definition) is 9. The molecular weight excluding hydrogens is 505 g/mol. The molecule has 198 valence electrons. The summed E-state index contributed by atoms with van der Waals surface area (Å²) in [6.45, 7) is 0.442. The molecule has 0 atom stereocenters. The highest BCUT2D eigenvalue weighted by Gasteiger charge is 2.23. The average Bonchev–Trinajstić information content (AvgIpc) is 3.46. The fourth-order valence-corrected chi connectivity index (χ4v) is 4.32. The molecule has 0 saturated heterocycles. The Balaban J connectivity index is 1.33. The molecule has 1 aliphatic heterocycles. The van der Waals surface area contributed by atoms with Gasteiger partial charge in [0.05, 0.1) is 11.9 Å². The Labute approximate surface area is 221 Å². The molecule has 1 saturated carbocycles. The average molecular weight is 530 g/mol. The van der Waals surface area contributed by atoms with E-state index in [2.05, 4.69) is 20.7 Å². The molecule has 2 amide bonds. The number of rotatable bonds is 9. The van der Waals surface area contributed by atoms with Crippen LogP contribution >= 0.6 is 0 Å². The smallest absolute Gasteiger partial charge is 0.273 e. The van der Waals surface area contributed by atoms with Crippen molar-refractivity contribution in [2.75, 3.05) is 17.4 Å². The maximum atomic E-state index is 14.3. The Morgan fingerprint density at radius 1 is 1.15 bits per heavy atom. The summed E-state index contributed by atoms with van der Waals surface area (Å²) in [5.41, 5.74) is 9.03. The van der Waals surface area contributed by atoms with Crippen molar-refractivity contribution >= 4 is 35.7 Å². The molecule has 0 unspecified atom stereocenters. The maximum Gasteiger partial charge on any atom is 0.273 e. The highest BCUT2D eigenvalue weighted by Crippen LogP contribution is 2.37. The molecule has 2 aromatic carbocycles. The normalized spacial score (nSPS) is 14.3. The third kappa shape index (κ3) is 5.04. The number of halogens is 1. The third-order valence-corrected chi connectivity index (χ3v) is 6.40. The predicted molar refractivity (Wildman–Crippen MR) is 141 cm³/mol. The number of anilines is 2. The second-order valence-corrected chi connectivity index (χ2v) is 9.19. The predicted octanol–water partition coefficient (Wildman–Crippen LogP) is 3.02. The third-order valence-electron chi connectivity index (χ3n) is 6.40. The van der Waals surface area contributed by atoms with Gasteiger partial charge in [0.2, 0.25) is 13.2 Å². The van der Waals surface area contributed by atoms with Crippen molar-refractivity contribution in [1.29, 1.82) is 0 Å². The maximum absolute atomic E-state index is 14.3. The van der Waals surface area contributed by atoms with Gasteiger partial charge in [0.15, 0.2) is 17.1 Å². The molecular formula is C27H24FN7O4. The lowest BCUT2D eigenvalue weighted by atomic mass is 9.99. The van der Waals surface area contributed by atoms with Crippen LogP contribution in [0.1, 0.15) is 24.0 Å². The number of nitrogens with one attached hydrogen (secondary N) is 3. The van der Waals surface area contributed by atoms with E-state index in [1.807, 2.05) is 29.6 Å². The molecule has 1 aliphatic carbocycles. The van der Waals surface area contributed by atoms with Crippen molar-refractivity contribution in [2.24, 2.45) is 5.73 Å². The standard InChI is InChI=1S/C27H24FN7O4/c28-18-2-5-20(15-1-6-22-23(9-15)39-14-38-22)16(7-18)11-30-24-10-25(33-19-3-4-19)35-26(34-24)17(12-32-35)8-21(29)27(37)31-13-36/h1-2,5-10,12-13,19,33H,3-4,11,14,29H2,(H,30,34)(H,31,36,37)/b21-8-. The largest absolute Gasteiger partial charge is 0.454 e. The van der Waals surface area contributed by atoms with E-state index in [1.54, 1.807) is 10.6 Å². The fourth-order valence-electron chi connectivity index (χ4n) is 4.32. The summed E-state index contributed by atoms with van der Waals surface area (Å²) in [7, 11) is 0. The zero-order chi connectivity index (χ0) is 26.9. The van der Waals surface area contributed by atoms with Gasteiger partial charge in [0.1, 0.15) is 17.5 Å². The quantitative estimate of drug-likeness (QED) is 0.190. The van der Waals surface area contributed by atoms with Gasteiger partial charge in [-0.2, -0.15) is 9.61 Å². The number of nitrogens with zero attached hydrogens (tertiary/aromatic N) is 3. The van der Waals surface area contributed by atoms with Crippen molar-refractivity contribution < 1.29 is 23.5 Å². The van der Waals surface area contributed by atoms with Gasteiger partial charge in [-0.1, -0.05) is 12.1 Å². The minimum absolute atomic E-state index is 0.165. The van der Waals surface area contributed by atoms with Crippen molar-refractivity contribution in [3.05, 3.63) is 71.3 Å². The molecule has 2 aromatic heterocycles. The lowest BCUT2D eigenvalue weighted by Crippen LogP contribution is -2.26. The summed E-state index contributed by atoms with van der Waals surface area (Å²) in [6.07, 6.45) is 5.29. The van der Waals surface area contributed by atoms with Crippen LogP contribution < -0.4 is 31.2 Å². The molecule has 0 spiro atoms. The Morgan fingerprint density at radius 2 is 2.00 bits per heavy atom. The van der Waals surface area contributed by atoms with E-state index in [0.717, 1.165) is 29.5 Å². The van der Waals surface area contributed by atoms with Crippen LogP contribution in [0.25, 0.3) is 22.9 Å². The second kappa shape index (κ2) is 9.97. The van der Waals surface area contributed by atoms with E-state index in [1.165, 1.54) is 24.4 Å². The van der Waals surface area contributed by atoms with E-state index in [4.69, 9.17) is 15.2 Å². The zero-order valence-electron chi connectivity index (χ0n) is 20.6. The molecule has 3 heterocycles. The monoisotopic (exact) mass is 529 g/mol. The summed E-state index contributed by atoms with van der Waals surface area (Å²) >= 11 is 0. The molecule has 4 aromatic rings. The second-order valence-electron chi connectivity index (χ2n) is 9.19. The molecule has 2 aliphatic rings. The molecule has 12 heteroatoms. The SMILES string of the molecule is N/C(=C\c1cnn2c(NC3CC3)cc(NCc3cc(F)ccc3-c3ccc4c(c3)OCO4)nc12)C(=O)NC=O. The minimum atomic E-state index is -0.725. The Bertz CT molecular complexity index is 1630. The van der Waals surface area contributed by atoms with E-state index in [9.17, 15) is 14.0 Å².